The molecule has 0 radical (unpaired) electrons. The van der Waals surface area contributed by atoms with E-state index >= 15 is 0 Å². The molecular formula is C19H20FN3O3. The van der Waals surface area contributed by atoms with Crippen LogP contribution >= 0.6 is 0 Å². The zero-order valence-electron chi connectivity index (χ0n) is 14.4. The molecule has 136 valence electrons. The third kappa shape index (κ3) is 3.77. The summed E-state index contributed by atoms with van der Waals surface area (Å²) in [6.45, 7) is 1.14. The molecule has 1 heterocycles. The first kappa shape index (κ1) is 17.7. The molecule has 6 nitrogen and oxygen atoms in total. The largest absolute Gasteiger partial charge is 0.497 e. The van der Waals surface area contributed by atoms with Gasteiger partial charge in [-0.15, -0.1) is 0 Å². The van der Waals surface area contributed by atoms with Crippen molar-refractivity contribution in [2.45, 2.75) is 12.3 Å². The van der Waals surface area contributed by atoms with Crippen LogP contribution in [0.25, 0.3) is 0 Å². The Labute approximate surface area is 150 Å². The molecule has 2 aromatic rings. The Morgan fingerprint density at radius 3 is 2.58 bits per heavy atom. The SMILES string of the molecule is COc1ccc(C2CCN(C(=O)Nc3ccc(C(N)=O)cc3F)C2)cc1. The number of ether oxygens (including phenoxy) is 1. The Kier molecular flexibility index (Phi) is 5.06. The fraction of sp³-hybridized carbons (Fsp3) is 0.263. The molecule has 1 unspecified atom stereocenters. The van der Waals surface area contributed by atoms with Gasteiger partial charge in [0, 0.05) is 24.6 Å². The molecule has 0 bridgehead atoms. The predicted octanol–water partition coefficient (Wildman–Crippen LogP) is 2.95. The van der Waals surface area contributed by atoms with Crippen molar-refractivity contribution in [3.8, 4) is 5.75 Å². The van der Waals surface area contributed by atoms with Gasteiger partial charge in [0.25, 0.3) is 0 Å². The topological polar surface area (TPSA) is 84.7 Å². The summed E-state index contributed by atoms with van der Waals surface area (Å²) in [5.41, 5.74) is 6.33. The highest BCUT2D eigenvalue weighted by molar-refractivity contribution is 5.94. The van der Waals surface area contributed by atoms with Gasteiger partial charge in [-0.2, -0.15) is 0 Å². The number of nitrogens with one attached hydrogen (secondary N) is 1. The lowest BCUT2D eigenvalue weighted by Gasteiger charge is -2.18. The summed E-state index contributed by atoms with van der Waals surface area (Å²) >= 11 is 0. The molecule has 1 saturated heterocycles. The van der Waals surface area contributed by atoms with Crippen molar-refractivity contribution in [2.24, 2.45) is 5.73 Å². The maximum Gasteiger partial charge on any atom is 0.321 e. The fourth-order valence-electron chi connectivity index (χ4n) is 3.06. The molecule has 26 heavy (non-hydrogen) atoms. The molecule has 1 aliphatic rings. The average Bonchev–Trinajstić information content (AvgIpc) is 3.13. The third-order valence-corrected chi connectivity index (χ3v) is 4.56. The van der Waals surface area contributed by atoms with Crippen LogP contribution < -0.4 is 15.8 Å². The highest BCUT2D eigenvalue weighted by atomic mass is 19.1. The molecule has 0 aromatic heterocycles. The predicted molar refractivity (Wildman–Crippen MR) is 95.9 cm³/mol. The first-order chi connectivity index (χ1) is 12.5. The van der Waals surface area contributed by atoms with Crippen molar-refractivity contribution < 1.29 is 18.7 Å². The summed E-state index contributed by atoms with van der Waals surface area (Å²) in [5.74, 6) is -0.394. The van der Waals surface area contributed by atoms with Gasteiger partial charge in [-0.1, -0.05) is 12.1 Å². The smallest absolute Gasteiger partial charge is 0.321 e. The van der Waals surface area contributed by atoms with Crippen LogP contribution in [0.2, 0.25) is 0 Å². The van der Waals surface area contributed by atoms with E-state index in [1.54, 1.807) is 12.0 Å². The maximum atomic E-state index is 14.0. The van der Waals surface area contributed by atoms with Crippen LogP contribution in [0.1, 0.15) is 28.3 Å². The molecule has 1 aliphatic heterocycles. The normalized spacial score (nSPS) is 16.4. The number of hydrogen-bond acceptors (Lipinski definition) is 3. The third-order valence-electron chi connectivity index (χ3n) is 4.56. The van der Waals surface area contributed by atoms with E-state index in [-0.39, 0.29) is 23.2 Å². The van der Waals surface area contributed by atoms with Crippen LogP contribution in [0.4, 0.5) is 14.9 Å². The van der Waals surface area contributed by atoms with Crippen LogP contribution in [0.3, 0.4) is 0 Å². The highest BCUT2D eigenvalue weighted by Crippen LogP contribution is 2.29. The number of nitrogens with zero attached hydrogens (tertiary/aromatic N) is 1. The summed E-state index contributed by atoms with van der Waals surface area (Å²) in [7, 11) is 1.62. The van der Waals surface area contributed by atoms with Crippen molar-refractivity contribution in [2.75, 3.05) is 25.5 Å². The number of carbonyl (C=O) groups is 2. The molecule has 1 atom stereocenters. The van der Waals surface area contributed by atoms with Gasteiger partial charge in [0.05, 0.1) is 12.8 Å². The van der Waals surface area contributed by atoms with Gasteiger partial charge in [-0.25, -0.2) is 9.18 Å². The number of amides is 3. The van der Waals surface area contributed by atoms with Crippen LogP contribution in [0.15, 0.2) is 42.5 Å². The summed E-state index contributed by atoms with van der Waals surface area (Å²) in [6, 6.07) is 11.1. The summed E-state index contributed by atoms with van der Waals surface area (Å²) in [5, 5.41) is 2.55. The van der Waals surface area contributed by atoms with Crippen molar-refractivity contribution in [3.63, 3.8) is 0 Å². The van der Waals surface area contributed by atoms with Crippen molar-refractivity contribution >= 4 is 17.6 Å². The second-order valence-corrected chi connectivity index (χ2v) is 6.19. The summed E-state index contributed by atoms with van der Waals surface area (Å²) in [6.07, 6.45) is 0.836. The van der Waals surface area contributed by atoms with Gasteiger partial charge < -0.3 is 20.7 Å². The fourth-order valence-corrected chi connectivity index (χ4v) is 3.06. The number of urea groups is 1. The molecule has 7 heteroatoms. The number of halogens is 1. The van der Waals surface area contributed by atoms with Crippen LogP contribution in [-0.4, -0.2) is 37.0 Å². The molecule has 0 spiro atoms. The first-order valence-electron chi connectivity index (χ1n) is 8.27. The number of benzene rings is 2. The molecule has 2 aromatic carbocycles. The molecule has 0 aliphatic carbocycles. The molecule has 3 N–H and O–H groups in total. The van der Waals surface area contributed by atoms with E-state index in [2.05, 4.69) is 5.32 Å². The molecule has 1 fully saturated rings. The second kappa shape index (κ2) is 7.43. The van der Waals surface area contributed by atoms with E-state index in [0.29, 0.717) is 13.1 Å². The van der Waals surface area contributed by atoms with E-state index in [1.165, 1.54) is 12.1 Å². The quantitative estimate of drug-likeness (QED) is 0.882. The Balaban J connectivity index is 1.63. The lowest BCUT2D eigenvalue weighted by Crippen LogP contribution is -2.33. The van der Waals surface area contributed by atoms with E-state index in [4.69, 9.17) is 10.5 Å². The minimum Gasteiger partial charge on any atom is -0.497 e. The standard InChI is InChI=1S/C19H20FN3O3/c1-26-15-5-2-12(3-6-15)14-8-9-23(11-14)19(25)22-17-7-4-13(18(21)24)10-16(17)20/h2-7,10,14H,8-9,11H2,1H3,(H2,21,24)(H,22,25). The van der Waals surface area contributed by atoms with Crippen molar-refractivity contribution in [3.05, 3.63) is 59.4 Å². The van der Waals surface area contributed by atoms with Crippen LogP contribution in [0, 0.1) is 5.82 Å². The van der Waals surface area contributed by atoms with Gasteiger partial charge in [0.15, 0.2) is 0 Å². The number of anilines is 1. The summed E-state index contributed by atoms with van der Waals surface area (Å²) in [4.78, 5) is 25.1. The first-order valence-corrected chi connectivity index (χ1v) is 8.27. The minimum absolute atomic E-state index is 0.0212. The Morgan fingerprint density at radius 1 is 1.23 bits per heavy atom. The number of primary amides is 1. The summed E-state index contributed by atoms with van der Waals surface area (Å²) < 4.78 is 19.2. The molecule has 0 saturated carbocycles. The molecular weight excluding hydrogens is 337 g/mol. The Hall–Kier alpha value is -3.09. The van der Waals surface area contributed by atoms with Gasteiger partial charge >= 0.3 is 6.03 Å². The van der Waals surface area contributed by atoms with Gasteiger partial charge in [0.1, 0.15) is 11.6 Å². The number of methoxy groups -OCH3 is 1. The second-order valence-electron chi connectivity index (χ2n) is 6.19. The van der Waals surface area contributed by atoms with Gasteiger partial charge in [0.2, 0.25) is 5.91 Å². The van der Waals surface area contributed by atoms with E-state index in [0.717, 1.165) is 23.8 Å². The minimum atomic E-state index is -0.719. The zero-order valence-corrected chi connectivity index (χ0v) is 14.4. The number of likely N-dealkylation sites (tertiary alicyclic amines) is 1. The number of nitrogens with two attached hydrogens (primary N) is 1. The molecule has 3 amide bonds. The van der Waals surface area contributed by atoms with Crippen LogP contribution in [0.5, 0.6) is 5.75 Å². The van der Waals surface area contributed by atoms with E-state index in [1.807, 2.05) is 24.3 Å². The number of rotatable bonds is 4. The number of carbonyl (C=O) groups excluding carboxylic acids is 2. The Morgan fingerprint density at radius 2 is 1.96 bits per heavy atom. The zero-order chi connectivity index (χ0) is 18.7. The lowest BCUT2D eigenvalue weighted by molar-refractivity contribution is 0.1000. The number of hydrogen-bond donors (Lipinski definition) is 2. The molecule has 3 rings (SSSR count). The van der Waals surface area contributed by atoms with Gasteiger partial charge in [-0.05, 0) is 42.3 Å². The maximum absolute atomic E-state index is 14.0. The van der Waals surface area contributed by atoms with Crippen molar-refractivity contribution in [1.82, 2.24) is 4.90 Å². The van der Waals surface area contributed by atoms with Crippen molar-refractivity contribution in [1.29, 1.82) is 0 Å². The Bertz CT molecular complexity index is 823. The highest BCUT2D eigenvalue weighted by Gasteiger charge is 2.27. The average molecular weight is 357 g/mol. The van der Waals surface area contributed by atoms with E-state index < -0.39 is 11.7 Å². The van der Waals surface area contributed by atoms with Crippen LogP contribution in [-0.2, 0) is 0 Å². The van der Waals surface area contributed by atoms with Gasteiger partial charge in [-0.3, -0.25) is 4.79 Å². The van der Waals surface area contributed by atoms with E-state index in [9.17, 15) is 14.0 Å². The monoisotopic (exact) mass is 357 g/mol. The lowest BCUT2D eigenvalue weighted by atomic mass is 9.98.